The Kier molecular flexibility index (Phi) is 29.0. The van der Waals surface area contributed by atoms with Gasteiger partial charge in [-0.05, 0) is 64.2 Å². The summed E-state index contributed by atoms with van der Waals surface area (Å²) in [6.45, 7) is 3.80. The van der Waals surface area contributed by atoms with Gasteiger partial charge in [0.1, 0.15) is 0 Å². The zero-order valence-electron chi connectivity index (χ0n) is 27.5. The van der Waals surface area contributed by atoms with E-state index in [1.54, 1.807) is 6.08 Å². The summed E-state index contributed by atoms with van der Waals surface area (Å²) in [6, 6.07) is -1.01. The summed E-state index contributed by atoms with van der Waals surface area (Å²) in [4.78, 5) is 22.5. The molecule has 0 radical (unpaired) electrons. The average molecular weight is 643 g/mol. The van der Waals surface area contributed by atoms with Crippen LogP contribution in [0, 0.1) is 0 Å². The van der Waals surface area contributed by atoms with Crippen LogP contribution in [0.3, 0.4) is 0 Å². The molecular formula is C34H63N2O7P. The predicted octanol–water partition coefficient (Wildman–Crippen LogP) is 7.18. The summed E-state index contributed by atoms with van der Waals surface area (Å²) in [5, 5.41) is 23.7. The maximum Gasteiger partial charge on any atom is 0.472 e. The van der Waals surface area contributed by atoms with E-state index in [0.717, 1.165) is 57.8 Å². The number of aliphatic hydroxyl groups excluding tert-OH is 2. The quantitative estimate of drug-likeness (QED) is 0.0314. The van der Waals surface area contributed by atoms with Crippen molar-refractivity contribution in [2.45, 2.75) is 141 Å². The lowest BCUT2D eigenvalue weighted by Crippen LogP contribution is -2.46. The number of unbranched alkanes of at least 4 members (excludes halogenated alkanes) is 10. The molecule has 0 aliphatic heterocycles. The molecule has 44 heavy (non-hydrogen) atoms. The molecule has 9 nitrogen and oxygen atoms in total. The molecule has 0 spiro atoms. The Bertz CT molecular complexity index is 847. The number of rotatable bonds is 30. The van der Waals surface area contributed by atoms with E-state index < -0.39 is 38.6 Å². The van der Waals surface area contributed by atoms with E-state index in [4.69, 9.17) is 14.8 Å². The number of carbonyl (C=O) groups is 1. The largest absolute Gasteiger partial charge is 0.472 e. The van der Waals surface area contributed by atoms with E-state index in [9.17, 15) is 24.5 Å². The fraction of sp³-hybridized carbons (Fsp3) is 0.735. The van der Waals surface area contributed by atoms with Crippen molar-refractivity contribution in [1.82, 2.24) is 5.32 Å². The smallest absolute Gasteiger partial charge is 0.393 e. The second-order valence-electron chi connectivity index (χ2n) is 11.2. The third-order valence-corrected chi connectivity index (χ3v) is 7.89. The molecule has 10 heteroatoms. The van der Waals surface area contributed by atoms with Crippen LogP contribution in [0.15, 0.2) is 48.6 Å². The molecule has 0 rings (SSSR count). The fourth-order valence-corrected chi connectivity index (χ4v) is 5.06. The lowest BCUT2D eigenvalue weighted by molar-refractivity contribution is -0.124. The molecule has 0 heterocycles. The van der Waals surface area contributed by atoms with Crippen molar-refractivity contribution in [3.8, 4) is 0 Å². The van der Waals surface area contributed by atoms with E-state index in [0.29, 0.717) is 12.8 Å². The van der Waals surface area contributed by atoms with E-state index in [1.165, 1.54) is 38.2 Å². The number of carbonyl (C=O) groups excluding carboxylic acids is 1. The molecule has 256 valence electrons. The Hall–Kier alpha value is -1.58. The summed E-state index contributed by atoms with van der Waals surface area (Å²) >= 11 is 0. The molecule has 0 bridgehead atoms. The summed E-state index contributed by atoms with van der Waals surface area (Å²) in [5.41, 5.74) is 5.32. The van der Waals surface area contributed by atoms with Crippen LogP contribution >= 0.6 is 7.82 Å². The zero-order chi connectivity index (χ0) is 32.7. The summed E-state index contributed by atoms with van der Waals surface area (Å²) in [6.07, 6.45) is 30.7. The van der Waals surface area contributed by atoms with E-state index in [1.807, 2.05) is 0 Å². The lowest BCUT2D eigenvalue weighted by Gasteiger charge is -2.24. The summed E-state index contributed by atoms with van der Waals surface area (Å²) in [5.74, 6) is -0.476. The van der Waals surface area contributed by atoms with Gasteiger partial charge >= 0.3 is 7.82 Å². The maximum atomic E-state index is 12.6. The Labute approximate surface area is 267 Å². The Morgan fingerprint density at radius 1 is 0.773 bits per heavy atom. The number of nitrogens with one attached hydrogen (secondary N) is 1. The standard InChI is InChI=1S/C34H63N2O7P/c1-3-5-7-9-11-13-14-15-16-18-20-22-24-26-33(38)32(30-43-44(40,41)42-28-27-35)36-34(39)29-31(37)25-23-21-19-17-12-10-8-6-4-2/h10-13,16,18,24,26,31-33,37-38H,3-9,14-15,17,19-23,25,27-30,35H2,1-2H3,(H,36,39)(H,40,41)/b12-10-,13-11+,18-16+,26-24+. The second kappa shape index (κ2) is 30.1. The van der Waals surface area contributed by atoms with Crippen LogP contribution in [0.5, 0.6) is 0 Å². The van der Waals surface area contributed by atoms with Crippen molar-refractivity contribution in [3.05, 3.63) is 48.6 Å². The highest BCUT2D eigenvalue weighted by molar-refractivity contribution is 7.47. The van der Waals surface area contributed by atoms with Crippen LogP contribution < -0.4 is 11.1 Å². The number of amides is 1. The average Bonchev–Trinajstić information content (AvgIpc) is 2.99. The van der Waals surface area contributed by atoms with Crippen molar-refractivity contribution in [1.29, 1.82) is 0 Å². The van der Waals surface area contributed by atoms with Gasteiger partial charge in [0.15, 0.2) is 0 Å². The SMILES string of the molecule is CCCC/C=C\CCCCCC(O)CC(=O)NC(COP(=O)(O)OCCN)C(O)/C=C/CC/C=C/CC/C=C/CCCCC. The Balaban J connectivity index is 4.66. The highest BCUT2D eigenvalue weighted by Crippen LogP contribution is 2.43. The topological polar surface area (TPSA) is 151 Å². The van der Waals surface area contributed by atoms with Gasteiger partial charge in [-0.2, -0.15) is 0 Å². The van der Waals surface area contributed by atoms with Crippen LogP contribution in [-0.2, 0) is 18.4 Å². The fourth-order valence-electron chi connectivity index (χ4n) is 4.30. The van der Waals surface area contributed by atoms with E-state index in [-0.39, 0.29) is 19.6 Å². The maximum absolute atomic E-state index is 12.6. The van der Waals surface area contributed by atoms with Crippen LogP contribution in [0.25, 0.3) is 0 Å². The predicted molar refractivity (Wildman–Crippen MR) is 181 cm³/mol. The Morgan fingerprint density at radius 3 is 1.91 bits per heavy atom. The first-order valence-electron chi connectivity index (χ1n) is 16.8. The molecule has 0 aromatic heterocycles. The van der Waals surface area contributed by atoms with Crippen molar-refractivity contribution in [2.75, 3.05) is 19.8 Å². The van der Waals surface area contributed by atoms with Crippen LogP contribution in [0.1, 0.15) is 123 Å². The molecule has 4 atom stereocenters. The molecule has 0 saturated carbocycles. The molecule has 0 fully saturated rings. The van der Waals surface area contributed by atoms with E-state index >= 15 is 0 Å². The number of phosphoric ester groups is 1. The molecule has 0 aromatic rings. The highest BCUT2D eigenvalue weighted by Gasteiger charge is 2.27. The van der Waals surface area contributed by atoms with Gasteiger partial charge in [0.25, 0.3) is 0 Å². The molecule has 0 saturated heterocycles. The van der Waals surface area contributed by atoms with Crippen molar-refractivity contribution >= 4 is 13.7 Å². The van der Waals surface area contributed by atoms with Gasteiger partial charge in [-0.3, -0.25) is 13.8 Å². The molecule has 0 aliphatic rings. The second-order valence-corrected chi connectivity index (χ2v) is 12.6. The molecule has 0 aromatic carbocycles. The summed E-state index contributed by atoms with van der Waals surface area (Å²) in [7, 11) is -4.40. The van der Waals surface area contributed by atoms with Crippen LogP contribution in [0.4, 0.5) is 0 Å². The van der Waals surface area contributed by atoms with Crippen molar-refractivity contribution in [3.63, 3.8) is 0 Å². The first-order valence-corrected chi connectivity index (χ1v) is 18.3. The minimum atomic E-state index is -4.40. The first kappa shape index (κ1) is 42.4. The molecule has 6 N–H and O–H groups in total. The van der Waals surface area contributed by atoms with Gasteiger partial charge in [0, 0.05) is 6.54 Å². The minimum absolute atomic E-state index is 0.0389. The number of hydrogen-bond donors (Lipinski definition) is 5. The van der Waals surface area contributed by atoms with Gasteiger partial charge in [0.2, 0.25) is 5.91 Å². The van der Waals surface area contributed by atoms with Gasteiger partial charge in [-0.15, -0.1) is 0 Å². The molecule has 4 unspecified atom stereocenters. The summed E-state index contributed by atoms with van der Waals surface area (Å²) < 4.78 is 21.9. The first-order chi connectivity index (χ1) is 21.3. The number of hydrogen-bond acceptors (Lipinski definition) is 7. The van der Waals surface area contributed by atoms with Gasteiger partial charge in [-0.1, -0.05) is 101 Å². The molecule has 0 aliphatic carbocycles. The normalized spacial score (nSPS) is 15.9. The third kappa shape index (κ3) is 27.9. The monoisotopic (exact) mass is 642 g/mol. The number of aliphatic hydroxyl groups is 2. The van der Waals surface area contributed by atoms with Crippen molar-refractivity contribution in [2.24, 2.45) is 5.73 Å². The number of allylic oxidation sites excluding steroid dienone is 7. The van der Waals surface area contributed by atoms with Crippen molar-refractivity contribution < 1.29 is 33.5 Å². The van der Waals surface area contributed by atoms with Crippen LogP contribution in [0.2, 0.25) is 0 Å². The van der Waals surface area contributed by atoms with Crippen LogP contribution in [-0.4, -0.2) is 59.0 Å². The molecule has 1 amide bonds. The molecular weight excluding hydrogens is 579 g/mol. The Morgan fingerprint density at radius 2 is 1.32 bits per heavy atom. The zero-order valence-corrected chi connectivity index (χ0v) is 28.4. The number of phosphoric acid groups is 1. The van der Waals surface area contributed by atoms with Gasteiger partial charge in [0.05, 0.1) is 37.9 Å². The van der Waals surface area contributed by atoms with E-state index in [2.05, 4.69) is 55.6 Å². The van der Waals surface area contributed by atoms with Gasteiger partial charge < -0.3 is 26.2 Å². The number of nitrogens with two attached hydrogens (primary N) is 1. The third-order valence-electron chi connectivity index (χ3n) is 6.91. The minimum Gasteiger partial charge on any atom is -0.393 e. The highest BCUT2D eigenvalue weighted by atomic mass is 31.2. The lowest BCUT2D eigenvalue weighted by atomic mass is 10.1. The van der Waals surface area contributed by atoms with Gasteiger partial charge in [-0.25, -0.2) is 4.57 Å².